The van der Waals surface area contributed by atoms with Gasteiger partial charge in [-0.1, -0.05) is 12.1 Å². The number of ether oxygens (including phenoxy) is 1. The second-order valence-corrected chi connectivity index (χ2v) is 6.98. The minimum absolute atomic E-state index is 0.0733. The predicted octanol–water partition coefficient (Wildman–Crippen LogP) is 3.63. The molecule has 6 heteroatoms. The van der Waals surface area contributed by atoms with E-state index >= 15 is 0 Å². The minimum Gasteiger partial charge on any atom is -0.392 e. The van der Waals surface area contributed by atoms with Crippen LogP contribution in [0, 0.1) is 0 Å². The summed E-state index contributed by atoms with van der Waals surface area (Å²) in [6.45, 7) is 7.59. The van der Waals surface area contributed by atoms with E-state index in [0.717, 1.165) is 17.7 Å². The van der Waals surface area contributed by atoms with Crippen molar-refractivity contribution in [2.45, 2.75) is 51.1 Å². The average Bonchev–Trinajstić information content (AvgIpc) is 2.77. The summed E-state index contributed by atoms with van der Waals surface area (Å²) in [7, 11) is 0. The van der Waals surface area contributed by atoms with Gasteiger partial charge < -0.3 is 9.84 Å². The van der Waals surface area contributed by atoms with Gasteiger partial charge in [0.15, 0.2) is 0 Å². The smallest absolute Gasteiger partial charge is 0.392 e. The van der Waals surface area contributed by atoms with Crippen LogP contribution in [0.3, 0.4) is 0 Å². The first-order valence-electron chi connectivity index (χ1n) is 7.79. The first kappa shape index (κ1) is 18.2. The molecule has 1 fully saturated rings. The maximum Gasteiger partial charge on any atom is 0.416 e. The van der Waals surface area contributed by atoms with Crippen molar-refractivity contribution in [1.29, 1.82) is 0 Å². The van der Waals surface area contributed by atoms with Crippen molar-refractivity contribution in [3.05, 3.63) is 35.4 Å². The average molecular weight is 331 g/mol. The molecule has 0 spiro atoms. The van der Waals surface area contributed by atoms with Crippen molar-refractivity contribution >= 4 is 0 Å². The molecule has 0 saturated carbocycles. The fourth-order valence-corrected chi connectivity index (χ4v) is 2.84. The van der Waals surface area contributed by atoms with Crippen LogP contribution in [-0.2, 0) is 10.9 Å². The summed E-state index contributed by atoms with van der Waals surface area (Å²) < 4.78 is 43.6. The van der Waals surface area contributed by atoms with Gasteiger partial charge in [-0.05, 0) is 44.9 Å². The standard InChI is InChI=1S/C17H24F3NO2/c1-16(2,3)23-9-8-21-11-14(22)10-15(21)12-4-6-13(7-5-12)17(18,19)20/h4-7,14-15,22H,8-11H2,1-3H3. The van der Waals surface area contributed by atoms with E-state index in [1.807, 2.05) is 20.8 Å². The Balaban J connectivity index is 2.04. The highest BCUT2D eigenvalue weighted by molar-refractivity contribution is 5.27. The van der Waals surface area contributed by atoms with Crippen LogP contribution in [0.25, 0.3) is 0 Å². The lowest BCUT2D eigenvalue weighted by Gasteiger charge is -2.27. The van der Waals surface area contributed by atoms with Crippen molar-refractivity contribution in [1.82, 2.24) is 4.90 Å². The van der Waals surface area contributed by atoms with Crippen molar-refractivity contribution < 1.29 is 23.0 Å². The molecule has 3 nitrogen and oxygen atoms in total. The van der Waals surface area contributed by atoms with Gasteiger partial charge >= 0.3 is 6.18 Å². The summed E-state index contributed by atoms with van der Waals surface area (Å²) in [6, 6.07) is 5.14. The van der Waals surface area contributed by atoms with E-state index < -0.39 is 17.8 Å². The third-order valence-electron chi connectivity index (χ3n) is 3.92. The van der Waals surface area contributed by atoms with Gasteiger partial charge in [-0.3, -0.25) is 4.90 Å². The number of benzene rings is 1. The van der Waals surface area contributed by atoms with Crippen LogP contribution in [0.1, 0.15) is 44.4 Å². The normalized spacial score (nSPS) is 23.4. The van der Waals surface area contributed by atoms with Gasteiger partial charge in [-0.2, -0.15) is 13.2 Å². The van der Waals surface area contributed by atoms with E-state index in [1.54, 1.807) is 0 Å². The molecule has 1 heterocycles. The molecule has 0 aromatic heterocycles. The Morgan fingerprint density at radius 3 is 2.30 bits per heavy atom. The molecule has 1 N–H and O–H groups in total. The molecule has 2 atom stereocenters. The lowest BCUT2D eigenvalue weighted by atomic mass is 10.0. The first-order valence-corrected chi connectivity index (χ1v) is 7.79. The molecule has 1 aromatic carbocycles. The van der Waals surface area contributed by atoms with Gasteiger partial charge in [0, 0.05) is 19.1 Å². The summed E-state index contributed by atoms with van der Waals surface area (Å²) in [5, 5.41) is 9.91. The topological polar surface area (TPSA) is 32.7 Å². The zero-order valence-electron chi connectivity index (χ0n) is 13.7. The zero-order valence-corrected chi connectivity index (χ0v) is 13.7. The van der Waals surface area contributed by atoms with E-state index in [1.165, 1.54) is 12.1 Å². The van der Waals surface area contributed by atoms with Gasteiger partial charge in [0.25, 0.3) is 0 Å². The van der Waals surface area contributed by atoms with Gasteiger partial charge in [0.1, 0.15) is 0 Å². The summed E-state index contributed by atoms with van der Waals surface area (Å²) in [4.78, 5) is 2.07. The molecule has 1 aliphatic heterocycles. The number of hydrogen-bond acceptors (Lipinski definition) is 3. The lowest BCUT2D eigenvalue weighted by Crippen LogP contribution is -2.31. The second-order valence-electron chi connectivity index (χ2n) is 6.98. The molecular weight excluding hydrogens is 307 g/mol. The van der Waals surface area contributed by atoms with Crippen molar-refractivity contribution in [3.8, 4) is 0 Å². The Bertz CT molecular complexity index is 508. The van der Waals surface area contributed by atoms with Gasteiger partial charge in [0.05, 0.1) is 23.9 Å². The highest BCUT2D eigenvalue weighted by Gasteiger charge is 2.34. The van der Waals surface area contributed by atoms with E-state index in [9.17, 15) is 18.3 Å². The Hall–Kier alpha value is -1.11. The molecule has 1 aliphatic rings. The van der Waals surface area contributed by atoms with Crippen LogP contribution in [0.5, 0.6) is 0 Å². The van der Waals surface area contributed by atoms with E-state index in [0.29, 0.717) is 26.1 Å². The minimum atomic E-state index is -4.33. The van der Waals surface area contributed by atoms with Crippen LogP contribution in [0.15, 0.2) is 24.3 Å². The molecule has 2 unspecified atom stereocenters. The van der Waals surface area contributed by atoms with Crippen LogP contribution >= 0.6 is 0 Å². The molecule has 0 amide bonds. The van der Waals surface area contributed by atoms with Gasteiger partial charge in [-0.25, -0.2) is 0 Å². The van der Waals surface area contributed by atoms with E-state index in [-0.39, 0.29) is 11.6 Å². The Morgan fingerprint density at radius 2 is 1.78 bits per heavy atom. The molecular formula is C17H24F3NO2. The summed E-state index contributed by atoms with van der Waals surface area (Å²) in [6.07, 6.45) is -4.26. The SMILES string of the molecule is CC(C)(C)OCCN1CC(O)CC1c1ccc(C(F)(F)F)cc1. The zero-order chi connectivity index (χ0) is 17.3. The number of β-amino-alcohol motifs (C(OH)–C–C–N with tert-alkyl or cyclic N) is 1. The number of alkyl halides is 3. The summed E-state index contributed by atoms with van der Waals surface area (Å²) >= 11 is 0. The van der Waals surface area contributed by atoms with Gasteiger partial charge in [-0.15, -0.1) is 0 Å². The summed E-state index contributed by atoms with van der Waals surface area (Å²) in [5.74, 6) is 0. The van der Waals surface area contributed by atoms with Crippen LogP contribution < -0.4 is 0 Å². The Kier molecular flexibility index (Phi) is 5.38. The number of rotatable bonds is 4. The largest absolute Gasteiger partial charge is 0.416 e. The van der Waals surface area contributed by atoms with E-state index in [4.69, 9.17) is 4.74 Å². The van der Waals surface area contributed by atoms with Crippen LogP contribution in [0.4, 0.5) is 13.2 Å². The van der Waals surface area contributed by atoms with Crippen molar-refractivity contribution in [2.24, 2.45) is 0 Å². The number of nitrogens with zero attached hydrogens (tertiary/aromatic N) is 1. The van der Waals surface area contributed by atoms with Crippen LogP contribution in [0.2, 0.25) is 0 Å². The fourth-order valence-electron chi connectivity index (χ4n) is 2.84. The second kappa shape index (κ2) is 6.79. The molecule has 1 saturated heterocycles. The molecule has 0 aliphatic carbocycles. The van der Waals surface area contributed by atoms with Crippen molar-refractivity contribution in [3.63, 3.8) is 0 Å². The highest BCUT2D eigenvalue weighted by atomic mass is 19.4. The maximum atomic E-state index is 12.6. The predicted molar refractivity (Wildman–Crippen MR) is 82.1 cm³/mol. The number of halogens is 3. The number of likely N-dealkylation sites (tertiary alicyclic amines) is 1. The lowest BCUT2D eigenvalue weighted by molar-refractivity contribution is -0.137. The molecule has 0 bridgehead atoms. The third-order valence-corrected chi connectivity index (χ3v) is 3.92. The van der Waals surface area contributed by atoms with Gasteiger partial charge in [0.2, 0.25) is 0 Å². The Labute approximate surface area is 135 Å². The number of aliphatic hydroxyl groups is 1. The molecule has 2 rings (SSSR count). The number of aliphatic hydroxyl groups excluding tert-OH is 1. The number of hydrogen-bond donors (Lipinski definition) is 1. The maximum absolute atomic E-state index is 12.6. The molecule has 0 radical (unpaired) electrons. The fraction of sp³-hybridized carbons (Fsp3) is 0.647. The Morgan fingerprint density at radius 1 is 1.17 bits per heavy atom. The molecule has 23 heavy (non-hydrogen) atoms. The third kappa shape index (κ3) is 5.19. The molecule has 130 valence electrons. The summed E-state index contributed by atoms with van der Waals surface area (Å²) in [5.41, 5.74) is -0.0879. The van der Waals surface area contributed by atoms with Crippen LogP contribution in [-0.4, -0.2) is 41.4 Å². The molecule has 1 aromatic rings. The quantitative estimate of drug-likeness (QED) is 0.914. The highest BCUT2D eigenvalue weighted by Crippen LogP contribution is 2.34. The first-order chi connectivity index (χ1) is 10.6. The van der Waals surface area contributed by atoms with Crippen molar-refractivity contribution in [2.75, 3.05) is 19.7 Å². The van der Waals surface area contributed by atoms with E-state index in [2.05, 4.69) is 4.90 Å². The monoisotopic (exact) mass is 331 g/mol.